The van der Waals surface area contributed by atoms with Gasteiger partial charge in [-0.25, -0.2) is 0 Å². The van der Waals surface area contributed by atoms with Gasteiger partial charge >= 0.3 is 0 Å². The average Bonchev–Trinajstić information content (AvgIpc) is 2.59. The second-order valence-corrected chi connectivity index (χ2v) is 5.40. The van der Waals surface area contributed by atoms with Crippen molar-refractivity contribution in [3.05, 3.63) is 36.5 Å². The van der Waals surface area contributed by atoms with Gasteiger partial charge in [0.15, 0.2) is 0 Å². The van der Waals surface area contributed by atoms with Crippen LogP contribution >= 0.6 is 0 Å². The van der Waals surface area contributed by atoms with Crippen LogP contribution in [-0.4, -0.2) is 24.5 Å². The predicted molar refractivity (Wildman–Crippen MR) is 72.5 cm³/mol. The largest absolute Gasteiger partial charge is 0.302 e. The Hall–Kier alpha value is -0.820. The molecule has 1 aliphatic rings. The second kappa shape index (κ2) is 6.05. The van der Waals surface area contributed by atoms with Gasteiger partial charge in [-0.2, -0.15) is 0 Å². The Morgan fingerprint density at radius 3 is 2.69 bits per heavy atom. The van der Waals surface area contributed by atoms with E-state index >= 15 is 0 Å². The molecule has 1 aliphatic heterocycles. The number of hydrogen-bond donors (Lipinski definition) is 0. The third-order valence-electron chi connectivity index (χ3n) is 3.29. The molecule has 0 radical (unpaired) electrons. The van der Waals surface area contributed by atoms with E-state index in [4.69, 9.17) is 0 Å². The normalized spacial score (nSPS) is 21.8. The van der Waals surface area contributed by atoms with Crippen molar-refractivity contribution in [1.82, 2.24) is 4.90 Å². The smallest absolute Gasteiger partial charge is 0.00333 e. The molecule has 90 valence electrons. The molecule has 0 atom stereocenters. The first-order valence-corrected chi connectivity index (χ1v) is 6.24. The summed E-state index contributed by atoms with van der Waals surface area (Å²) in [4.78, 5) is 2.57. The van der Waals surface area contributed by atoms with Crippen molar-refractivity contribution in [3.8, 4) is 0 Å². The Kier molecular flexibility index (Phi) is 5.01. The summed E-state index contributed by atoms with van der Waals surface area (Å²) in [5, 5.41) is 0. The highest BCUT2D eigenvalue weighted by atomic mass is 15.1. The molecule has 1 fully saturated rings. The standard InChI is InChI=1S/C15H25N/c1-5-7-8-14(6-2)9-11-16-12-10-15(3,4)13-16/h5-8H,1,9-13H2,2-4H3/b8-7-,14-6+. The zero-order valence-corrected chi connectivity index (χ0v) is 11.0. The lowest BCUT2D eigenvalue weighted by atomic mass is 9.93. The van der Waals surface area contributed by atoms with Crippen LogP contribution < -0.4 is 0 Å². The third kappa shape index (κ3) is 4.36. The first-order chi connectivity index (χ1) is 7.57. The van der Waals surface area contributed by atoms with Crippen molar-refractivity contribution in [1.29, 1.82) is 0 Å². The van der Waals surface area contributed by atoms with Crippen LogP contribution in [0.1, 0.15) is 33.6 Å². The zero-order valence-electron chi connectivity index (χ0n) is 11.0. The van der Waals surface area contributed by atoms with E-state index in [0.29, 0.717) is 5.41 Å². The lowest BCUT2D eigenvalue weighted by Gasteiger charge is -2.19. The Morgan fingerprint density at radius 2 is 2.19 bits per heavy atom. The zero-order chi connectivity index (χ0) is 12.0. The van der Waals surface area contributed by atoms with Crippen LogP contribution in [0.5, 0.6) is 0 Å². The summed E-state index contributed by atoms with van der Waals surface area (Å²) < 4.78 is 0. The van der Waals surface area contributed by atoms with E-state index in [1.807, 2.05) is 12.2 Å². The highest BCUT2D eigenvalue weighted by Crippen LogP contribution is 2.28. The summed E-state index contributed by atoms with van der Waals surface area (Å²) >= 11 is 0. The van der Waals surface area contributed by atoms with E-state index in [1.165, 1.54) is 31.6 Å². The van der Waals surface area contributed by atoms with Gasteiger partial charge < -0.3 is 4.90 Å². The van der Waals surface area contributed by atoms with Crippen LogP contribution in [0, 0.1) is 5.41 Å². The van der Waals surface area contributed by atoms with E-state index in [9.17, 15) is 0 Å². The minimum Gasteiger partial charge on any atom is -0.302 e. The topological polar surface area (TPSA) is 3.24 Å². The molecule has 0 aromatic heterocycles. The number of allylic oxidation sites excluding steroid dienone is 4. The van der Waals surface area contributed by atoms with Gasteiger partial charge in [-0.05, 0) is 31.7 Å². The Morgan fingerprint density at radius 1 is 1.44 bits per heavy atom. The average molecular weight is 219 g/mol. The first kappa shape index (κ1) is 13.2. The summed E-state index contributed by atoms with van der Waals surface area (Å²) in [5.41, 5.74) is 1.93. The quantitative estimate of drug-likeness (QED) is 0.636. The van der Waals surface area contributed by atoms with E-state index in [1.54, 1.807) is 0 Å². The molecule has 16 heavy (non-hydrogen) atoms. The maximum atomic E-state index is 3.70. The first-order valence-electron chi connectivity index (χ1n) is 6.24. The van der Waals surface area contributed by atoms with Crippen LogP contribution in [0.15, 0.2) is 36.5 Å². The van der Waals surface area contributed by atoms with E-state index in [-0.39, 0.29) is 0 Å². The van der Waals surface area contributed by atoms with E-state index < -0.39 is 0 Å². The number of rotatable bonds is 5. The minimum atomic E-state index is 0.521. The van der Waals surface area contributed by atoms with Crippen LogP contribution in [-0.2, 0) is 0 Å². The van der Waals surface area contributed by atoms with Crippen molar-refractivity contribution < 1.29 is 0 Å². The highest BCUT2D eigenvalue weighted by Gasteiger charge is 2.28. The van der Waals surface area contributed by atoms with Crippen LogP contribution in [0.25, 0.3) is 0 Å². The van der Waals surface area contributed by atoms with Crippen LogP contribution in [0.4, 0.5) is 0 Å². The van der Waals surface area contributed by atoms with Crippen molar-refractivity contribution in [3.63, 3.8) is 0 Å². The molecule has 1 heterocycles. The maximum absolute atomic E-state index is 3.70. The Bertz CT molecular complexity index is 284. The third-order valence-corrected chi connectivity index (χ3v) is 3.29. The van der Waals surface area contributed by atoms with Crippen molar-refractivity contribution in [2.24, 2.45) is 5.41 Å². The van der Waals surface area contributed by atoms with Crippen molar-refractivity contribution in [2.45, 2.75) is 33.6 Å². The van der Waals surface area contributed by atoms with Gasteiger partial charge in [0.05, 0.1) is 0 Å². The van der Waals surface area contributed by atoms with Crippen molar-refractivity contribution >= 4 is 0 Å². The lowest BCUT2D eigenvalue weighted by molar-refractivity contribution is 0.294. The van der Waals surface area contributed by atoms with Gasteiger partial charge in [-0.15, -0.1) is 0 Å². The van der Waals surface area contributed by atoms with Gasteiger partial charge in [0, 0.05) is 13.1 Å². The fraction of sp³-hybridized carbons (Fsp3) is 0.600. The molecule has 1 saturated heterocycles. The molecular weight excluding hydrogens is 194 g/mol. The molecule has 0 aliphatic carbocycles. The van der Waals surface area contributed by atoms with Crippen molar-refractivity contribution in [2.75, 3.05) is 19.6 Å². The van der Waals surface area contributed by atoms with Gasteiger partial charge in [0.2, 0.25) is 0 Å². The van der Waals surface area contributed by atoms with Crippen LogP contribution in [0.3, 0.4) is 0 Å². The summed E-state index contributed by atoms with van der Waals surface area (Å²) in [6.45, 7) is 14.2. The Labute approximate surface area is 101 Å². The molecule has 0 aromatic carbocycles. The fourth-order valence-corrected chi connectivity index (χ4v) is 2.22. The Balaban J connectivity index is 2.34. The van der Waals surface area contributed by atoms with Gasteiger partial charge in [-0.1, -0.05) is 50.3 Å². The van der Waals surface area contributed by atoms with Gasteiger partial charge in [-0.3, -0.25) is 0 Å². The van der Waals surface area contributed by atoms with E-state index in [0.717, 1.165) is 6.42 Å². The summed E-state index contributed by atoms with van der Waals surface area (Å²) in [5.74, 6) is 0. The molecule has 0 amide bonds. The summed E-state index contributed by atoms with van der Waals surface area (Å²) in [7, 11) is 0. The summed E-state index contributed by atoms with van der Waals surface area (Å²) in [6.07, 6.45) is 10.7. The van der Waals surface area contributed by atoms with Gasteiger partial charge in [0.25, 0.3) is 0 Å². The molecule has 0 spiro atoms. The predicted octanol–water partition coefficient (Wildman–Crippen LogP) is 3.80. The molecule has 0 bridgehead atoms. The molecule has 1 heteroatoms. The number of hydrogen-bond acceptors (Lipinski definition) is 1. The molecule has 1 rings (SSSR count). The molecular formula is C15H25N. The molecule has 0 unspecified atom stereocenters. The molecule has 1 nitrogen and oxygen atoms in total. The number of likely N-dealkylation sites (tertiary alicyclic amines) is 1. The van der Waals surface area contributed by atoms with Crippen LogP contribution in [0.2, 0.25) is 0 Å². The fourth-order valence-electron chi connectivity index (χ4n) is 2.22. The lowest BCUT2D eigenvalue weighted by Crippen LogP contribution is -2.24. The minimum absolute atomic E-state index is 0.521. The van der Waals surface area contributed by atoms with Gasteiger partial charge in [0.1, 0.15) is 0 Å². The van der Waals surface area contributed by atoms with E-state index in [2.05, 4.69) is 44.4 Å². The maximum Gasteiger partial charge on any atom is 0.00333 e. The molecule has 0 saturated carbocycles. The second-order valence-electron chi connectivity index (χ2n) is 5.40. The molecule has 0 aromatic rings. The number of nitrogens with zero attached hydrogens (tertiary/aromatic N) is 1. The summed E-state index contributed by atoms with van der Waals surface area (Å²) in [6, 6.07) is 0. The monoisotopic (exact) mass is 219 g/mol. The highest BCUT2D eigenvalue weighted by molar-refractivity contribution is 5.21. The molecule has 0 N–H and O–H groups in total. The SMILES string of the molecule is C=C/C=C\C(=C/C)CCN1CCC(C)(C)C1.